The average molecular weight is 307 g/mol. The van der Waals surface area contributed by atoms with E-state index in [1.54, 1.807) is 13.8 Å². The molecule has 0 spiro atoms. The summed E-state index contributed by atoms with van der Waals surface area (Å²) in [6.07, 6.45) is 1.49. The third-order valence-electron chi connectivity index (χ3n) is 3.08. The highest BCUT2D eigenvalue weighted by molar-refractivity contribution is 7.89. The molecule has 0 atom stereocenters. The van der Waals surface area contributed by atoms with E-state index in [-0.39, 0.29) is 11.1 Å². The van der Waals surface area contributed by atoms with Gasteiger partial charge in [-0.25, -0.2) is 17.8 Å². The first-order valence-electron chi connectivity index (χ1n) is 6.98. The predicted molar refractivity (Wildman–Crippen MR) is 83.1 cm³/mol. The number of hydrogen-bond donors (Lipinski definition) is 1. The van der Waals surface area contributed by atoms with Crippen molar-refractivity contribution in [3.05, 3.63) is 42.1 Å². The van der Waals surface area contributed by atoms with Crippen molar-refractivity contribution < 1.29 is 8.42 Å². The van der Waals surface area contributed by atoms with Gasteiger partial charge in [0, 0.05) is 6.04 Å². The zero-order valence-corrected chi connectivity index (χ0v) is 13.6. The summed E-state index contributed by atoms with van der Waals surface area (Å²) < 4.78 is 28.6. The van der Waals surface area contributed by atoms with Crippen LogP contribution in [0.3, 0.4) is 0 Å². The molecule has 0 bridgehead atoms. The molecule has 6 heteroatoms. The molecule has 21 heavy (non-hydrogen) atoms. The van der Waals surface area contributed by atoms with Gasteiger partial charge in [-0.15, -0.1) is 0 Å². The fourth-order valence-corrected chi connectivity index (χ4v) is 3.42. The lowest BCUT2D eigenvalue weighted by molar-refractivity contribution is 0.560. The fourth-order valence-electron chi connectivity index (χ4n) is 2.06. The zero-order chi connectivity index (χ0) is 15.6. The predicted octanol–water partition coefficient (Wildman–Crippen LogP) is 2.68. The van der Waals surface area contributed by atoms with Crippen LogP contribution in [-0.2, 0) is 10.0 Å². The van der Waals surface area contributed by atoms with Crippen molar-refractivity contribution in [1.82, 2.24) is 14.5 Å². The van der Waals surface area contributed by atoms with Gasteiger partial charge in [0.15, 0.2) is 5.03 Å². The van der Waals surface area contributed by atoms with Crippen LogP contribution in [0.2, 0.25) is 0 Å². The normalized spacial score (nSPS) is 12.3. The van der Waals surface area contributed by atoms with Gasteiger partial charge in [-0.2, -0.15) is 5.10 Å². The third kappa shape index (κ3) is 3.51. The number of hydrogen-bond acceptors (Lipinski definition) is 3. The number of rotatable bonds is 5. The molecule has 1 aromatic heterocycles. The van der Waals surface area contributed by atoms with Gasteiger partial charge in [-0.05, 0) is 43.5 Å². The van der Waals surface area contributed by atoms with Crippen molar-refractivity contribution in [2.24, 2.45) is 0 Å². The van der Waals surface area contributed by atoms with E-state index in [1.807, 2.05) is 24.3 Å². The molecule has 0 unspecified atom stereocenters. The summed E-state index contributed by atoms with van der Waals surface area (Å²) in [5.41, 5.74) is 1.93. The molecular formula is C15H21N3O2S. The van der Waals surface area contributed by atoms with E-state index < -0.39 is 10.0 Å². The van der Waals surface area contributed by atoms with Crippen molar-refractivity contribution in [2.75, 3.05) is 0 Å². The SMILES string of the molecule is CC(C)NS(=O)(=O)c1ccnn1-c1ccc(C(C)C)cc1. The van der Waals surface area contributed by atoms with Crippen LogP contribution in [-0.4, -0.2) is 24.2 Å². The highest BCUT2D eigenvalue weighted by atomic mass is 32.2. The molecule has 114 valence electrons. The maximum absolute atomic E-state index is 12.3. The number of benzene rings is 1. The molecule has 0 aliphatic heterocycles. The quantitative estimate of drug-likeness (QED) is 0.923. The van der Waals surface area contributed by atoms with Crippen molar-refractivity contribution in [3.63, 3.8) is 0 Å². The summed E-state index contributed by atoms with van der Waals surface area (Å²) in [7, 11) is -3.57. The van der Waals surface area contributed by atoms with Crippen molar-refractivity contribution in [1.29, 1.82) is 0 Å². The minimum atomic E-state index is -3.57. The Morgan fingerprint density at radius 2 is 1.67 bits per heavy atom. The van der Waals surface area contributed by atoms with Crippen molar-refractivity contribution >= 4 is 10.0 Å². The fraction of sp³-hybridized carbons (Fsp3) is 0.400. The highest BCUT2D eigenvalue weighted by Crippen LogP contribution is 2.19. The second-order valence-electron chi connectivity index (χ2n) is 5.60. The van der Waals surface area contributed by atoms with E-state index in [0.717, 1.165) is 5.69 Å². The topological polar surface area (TPSA) is 64.0 Å². The van der Waals surface area contributed by atoms with Gasteiger partial charge in [0.25, 0.3) is 10.0 Å². The minimum absolute atomic E-state index is 0.147. The van der Waals surface area contributed by atoms with Crippen LogP contribution < -0.4 is 4.72 Å². The Hall–Kier alpha value is -1.66. The number of nitrogens with zero attached hydrogens (tertiary/aromatic N) is 2. The lowest BCUT2D eigenvalue weighted by atomic mass is 10.0. The van der Waals surface area contributed by atoms with Gasteiger partial charge in [0.2, 0.25) is 0 Å². The van der Waals surface area contributed by atoms with E-state index in [0.29, 0.717) is 5.92 Å². The molecular weight excluding hydrogens is 286 g/mol. The lowest BCUT2D eigenvalue weighted by Crippen LogP contribution is -2.31. The monoisotopic (exact) mass is 307 g/mol. The standard InChI is InChI=1S/C15H21N3O2S/c1-11(2)13-5-7-14(8-6-13)18-15(9-10-16-18)21(19,20)17-12(3)4/h5-12,17H,1-4H3. The molecule has 1 N–H and O–H groups in total. The first kappa shape index (κ1) is 15.7. The van der Waals surface area contributed by atoms with Crippen LogP contribution in [0.5, 0.6) is 0 Å². The molecule has 0 fully saturated rings. The van der Waals surface area contributed by atoms with Gasteiger partial charge in [0.1, 0.15) is 0 Å². The molecule has 0 aliphatic carbocycles. The number of nitrogens with one attached hydrogen (secondary N) is 1. The molecule has 1 aromatic carbocycles. The Morgan fingerprint density at radius 3 is 2.19 bits per heavy atom. The van der Waals surface area contributed by atoms with Gasteiger partial charge in [-0.3, -0.25) is 0 Å². The smallest absolute Gasteiger partial charge is 0.221 e. The van der Waals surface area contributed by atoms with Crippen LogP contribution in [0.15, 0.2) is 41.6 Å². The van der Waals surface area contributed by atoms with E-state index in [1.165, 1.54) is 22.5 Å². The van der Waals surface area contributed by atoms with E-state index in [9.17, 15) is 8.42 Å². The lowest BCUT2D eigenvalue weighted by Gasteiger charge is -2.12. The molecule has 2 aromatic rings. The Balaban J connectivity index is 2.41. The summed E-state index contributed by atoms with van der Waals surface area (Å²) in [4.78, 5) is 0. The molecule has 1 heterocycles. The number of aromatic nitrogens is 2. The van der Waals surface area contributed by atoms with Gasteiger partial charge in [0.05, 0.1) is 11.9 Å². The van der Waals surface area contributed by atoms with Crippen LogP contribution in [0.4, 0.5) is 0 Å². The summed E-state index contributed by atoms with van der Waals surface area (Å²) >= 11 is 0. The molecule has 5 nitrogen and oxygen atoms in total. The summed E-state index contributed by atoms with van der Waals surface area (Å²) in [5.74, 6) is 0.433. The van der Waals surface area contributed by atoms with Crippen LogP contribution in [0.25, 0.3) is 5.69 Å². The van der Waals surface area contributed by atoms with Crippen LogP contribution in [0.1, 0.15) is 39.2 Å². The largest absolute Gasteiger partial charge is 0.258 e. The minimum Gasteiger partial charge on any atom is -0.221 e. The van der Waals surface area contributed by atoms with Gasteiger partial charge < -0.3 is 0 Å². The summed E-state index contributed by atoms with van der Waals surface area (Å²) in [6, 6.07) is 9.10. The van der Waals surface area contributed by atoms with Gasteiger partial charge in [-0.1, -0.05) is 26.0 Å². The molecule has 0 amide bonds. The third-order valence-corrected chi connectivity index (χ3v) is 4.72. The molecule has 0 aliphatic rings. The maximum Gasteiger partial charge on any atom is 0.258 e. The second kappa shape index (κ2) is 5.99. The second-order valence-corrected chi connectivity index (χ2v) is 7.26. The zero-order valence-electron chi connectivity index (χ0n) is 12.7. The average Bonchev–Trinajstić information content (AvgIpc) is 2.87. The van der Waals surface area contributed by atoms with E-state index in [2.05, 4.69) is 23.7 Å². The van der Waals surface area contributed by atoms with Crippen molar-refractivity contribution in [3.8, 4) is 5.69 Å². The van der Waals surface area contributed by atoms with E-state index >= 15 is 0 Å². The maximum atomic E-state index is 12.3. The molecule has 0 radical (unpaired) electrons. The van der Waals surface area contributed by atoms with Crippen molar-refractivity contribution in [2.45, 2.75) is 44.7 Å². The Kier molecular flexibility index (Phi) is 4.49. The first-order valence-corrected chi connectivity index (χ1v) is 8.46. The Labute approximate surface area is 126 Å². The molecule has 0 saturated heterocycles. The van der Waals surface area contributed by atoms with Gasteiger partial charge >= 0.3 is 0 Å². The summed E-state index contributed by atoms with van der Waals surface area (Å²) in [6.45, 7) is 7.81. The first-order chi connectivity index (χ1) is 9.81. The summed E-state index contributed by atoms with van der Waals surface area (Å²) in [5, 5.41) is 4.28. The Morgan fingerprint density at radius 1 is 1.05 bits per heavy atom. The number of sulfonamides is 1. The molecule has 0 saturated carbocycles. The Bertz CT molecular complexity index is 701. The molecule has 2 rings (SSSR count). The highest BCUT2D eigenvalue weighted by Gasteiger charge is 2.21. The van der Waals surface area contributed by atoms with E-state index in [4.69, 9.17) is 0 Å². The van der Waals surface area contributed by atoms with Crippen LogP contribution in [0, 0.1) is 0 Å². The van der Waals surface area contributed by atoms with Crippen LogP contribution >= 0.6 is 0 Å².